The molecule has 1 atom stereocenters. The van der Waals surface area contributed by atoms with Gasteiger partial charge in [0, 0.05) is 18.0 Å². The lowest BCUT2D eigenvalue weighted by Gasteiger charge is -2.16. The Morgan fingerprint density at radius 3 is 2.67 bits per heavy atom. The third kappa shape index (κ3) is 8.54. The third-order valence-electron chi connectivity index (χ3n) is 2.64. The summed E-state index contributed by atoms with van der Waals surface area (Å²) >= 11 is 1.49. The molecular weight excluding hydrogens is 312 g/mol. The van der Waals surface area contributed by atoms with Gasteiger partial charge in [0.2, 0.25) is 5.91 Å². The summed E-state index contributed by atoms with van der Waals surface area (Å²) in [5, 5.41) is 10.5. The predicted molar refractivity (Wildman–Crippen MR) is 87.8 cm³/mol. The molecule has 8 heteroatoms. The molecule has 0 aliphatic heterocycles. The van der Waals surface area contributed by atoms with Crippen molar-refractivity contribution in [2.75, 3.05) is 19.6 Å². The Labute approximate surface area is 135 Å². The van der Waals surface area contributed by atoms with Gasteiger partial charge in [-0.05, 0) is 24.4 Å². The number of hydrogen-bond acceptors (Lipinski definition) is 4. The number of rotatable bonds is 9. The molecule has 0 aliphatic rings. The molecule has 0 aliphatic carbocycles. The molecule has 1 heterocycles. The highest BCUT2D eigenvalue weighted by atomic mass is 35.5. The van der Waals surface area contributed by atoms with Crippen molar-refractivity contribution < 1.29 is 9.59 Å². The van der Waals surface area contributed by atoms with Crippen molar-refractivity contribution in [2.45, 2.75) is 25.8 Å². The monoisotopic (exact) mass is 334 g/mol. The second kappa shape index (κ2) is 11.4. The molecule has 1 aromatic rings. The zero-order chi connectivity index (χ0) is 14.8. The van der Waals surface area contributed by atoms with Crippen molar-refractivity contribution in [3.8, 4) is 0 Å². The van der Waals surface area contributed by atoms with Crippen LogP contribution in [-0.4, -0.2) is 31.6 Å². The van der Waals surface area contributed by atoms with E-state index in [0.717, 1.165) is 24.4 Å². The molecule has 1 unspecified atom stereocenters. The number of amides is 3. The highest BCUT2D eigenvalue weighted by molar-refractivity contribution is 7.10. The molecule has 0 saturated heterocycles. The van der Waals surface area contributed by atoms with Crippen molar-refractivity contribution in [1.82, 2.24) is 16.0 Å². The molecule has 0 radical (unpaired) electrons. The summed E-state index contributed by atoms with van der Waals surface area (Å²) in [7, 11) is 0. The lowest BCUT2D eigenvalue weighted by Crippen LogP contribution is -2.38. The maximum Gasteiger partial charge on any atom is 0.312 e. The molecule has 3 amide bonds. The van der Waals surface area contributed by atoms with Crippen LogP contribution in [0.2, 0.25) is 0 Å². The summed E-state index contributed by atoms with van der Waals surface area (Å²) in [6.07, 6.45) is 1.26. The fraction of sp³-hybridized carbons (Fsp3) is 0.538. The second-order valence-corrected chi connectivity index (χ2v) is 5.36. The summed E-state index contributed by atoms with van der Waals surface area (Å²) in [5.74, 6) is -0.101. The van der Waals surface area contributed by atoms with Crippen molar-refractivity contribution in [3.63, 3.8) is 0 Å². The smallest absolute Gasteiger partial charge is 0.312 e. The number of hydrogen-bond donors (Lipinski definition) is 4. The molecule has 0 fully saturated rings. The average Bonchev–Trinajstić information content (AvgIpc) is 2.91. The zero-order valence-corrected chi connectivity index (χ0v) is 13.7. The van der Waals surface area contributed by atoms with Crippen molar-refractivity contribution >= 4 is 35.7 Å². The van der Waals surface area contributed by atoms with Crippen LogP contribution in [0.15, 0.2) is 17.5 Å². The lowest BCUT2D eigenvalue weighted by molar-refractivity contribution is -0.121. The molecular formula is C13H23ClN4O2S. The quantitative estimate of drug-likeness (QED) is 0.514. The minimum absolute atomic E-state index is 0. The fourth-order valence-electron chi connectivity index (χ4n) is 1.73. The number of nitrogens with one attached hydrogen (secondary N) is 3. The Morgan fingerprint density at radius 1 is 1.33 bits per heavy atom. The maximum atomic E-state index is 11.8. The van der Waals surface area contributed by atoms with E-state index in [1.807, 2.05) is 17.5 Å². The zero-order valence-electron chi connectivity index (χ0n) is 12.1. The molecule has 1 aromatic heterocycles. The van der Waals surface area contributed by atoms with E-state index in [9.17, 15) is 9.59 Å². The van der Waals surface area contributed by atoms with E-state index in [-0.39, 0.29) is 30.8 Å². The number of carbonyl (C=O) groups is 2. The molecule has 120 valence electrons. The SMILES string of the molecule is CCCNCCNC(=O)CC(NC(N)=O)c1cccs1.Cl. The maximum absolute atomic E-state index is 11.8. The number of urea groups is 1. The van der Waals surface area contributed by atoms with Gasteiger partial charge in [0.15, 0.2) is 0 Å². The Hall–Kier alpha value is -1.31. The molecule has 5 N–H and O–H groups in total. The number of halogens is 1. The predicted octanol–water partition coefficient (Wildman–Crippen LogP) is 1.39. The first-order valence-corrected chi connectivity index (χ1v) is 7.58. The van der Waals surface area contributed by atoms with E-state index in [0.29, 0.717) is 6.54 Å². The van der Waals surface area contributed by atoms with Crippen molar-refractivity contribution in [1.29, 1.82) is 0 Å². The van der Waals surface area contributed by atoms with Gasteiger partial charge in [-0.25, -0.2) is 4.79 Å². The molecule has 0 aromatic carbocycles. The first-order chi connectivity index (χ1) is 9.63. The number of nitrogens with two attached hydrogens (primary N) is 1. The summed E-state index contributed by atoms with van der Waals surface area (Å²) in [6.45, 7) is 4.35. The highest BCUT2D eigenvalue weighted by Gasteiger charge is 2.17. The summed E-state index contributed by atoms with van der Waals surface area (Å²) in [4.78, 5) is 23.7. The largest absolute Gasteiger partial charge is 0.355 e. The van der Waals surface area contributed by atoms with Gasteiger partial charge in [-0.15, -0.1) is 23.7 Å². The van der Waals surface area contributed by atoms with Gasteiger partial charge in [-0.3, -0.25) is 4.79 Å². The normalized spacial score (nSPS) is 11.3. The molecule has 0 spiro atoms. The first-order valence-electron chi connectivity index (χ1n) is 6.70. The summed E-state index contributed by atoms with van der Waals surface area (Å²) in [6, 6.07) is 2.76. The van der Waals surface area contributed by atoms with Crippen LogP contribution >= 0.6 is 23.7 Å². The van der Waals surface area contributed by atoms with Crippen LogP contribution in [0.4, 0.5) is 4.79 Å². The van der Waals surface area contributed by atoms with Crippen LogP contribution < -0.4 is 21.7 Å². The number of carbonyl (C=O) groups excluding carboxylic acids is 2. The van der Waals surface area contributed by atoms with Crippen LogP contribution in [-0.2, 0) is 4.79 Å². The minimum atomic E-state index is -0.624. The van der Waals surface area contributed by atoms with E-state index < -0.39 is 6.03 Å². The minimum Gasteiger partial charge on any atom is -0.355 e. The van der Waals surface area contributed by atoms with E-state index >= 15 is 0 Å². The summed E-state index contributed by atoms with van der Waals surface area (Å²) in [5.41, 5.74) is 5.14. The Kier molecular flexibility index (Phi) is 10.7. The van der Waals surface area contributed by atoms with E-state index in [4.69, 9.17) is 5.73 Å². The van der Waals surface area contributed by atoms with Gasteiger partial charge in [-0.2, -0.15) is 0 Å². The van der Waals surface area contributed by atoms with E-state index in [1.54, 1.807) is 0 Å². The van der Waals surface area contributed by atoms with E-state index in [2.05, 4.69) is 22.9 Å². The van der Waals surface area contributed by atoms with Gasteiger partial charge in [0.25, 0.3) is 0 Å². The van der Waals surface area contributed by atoms with Crippen molar-refractivity contribution in [3.05, 3.63) is 22.4 Å². The van der Waals surface area contributed by atoms with Crippen LogP contribution in [0.1, 0.15) is 30.7 Å². The molecule has 0 saturated carbocycles. The van der Waals surface area contributed by atoms with Crippen LogP contribution in [0.25, 0.3) is 0 Å². The second-order valence-electron chi connectivity index (χ2n) is 4.38. The molecule has 6 nitrogen and oxygen atoms in total. The Bertz CT molecular complexity index is 414. The number of thiophene rings is 1. The molecule has 1 rings (SSSR count). The highest BCUT2D eigenvalue weighted by Crippen LogP contribution is 2.21. The van der Waals surface area contributed by atoms with Gasteiger partial charge >= 0.3 is 6.03 Å². The Balaban J connectivity index is 0.00000400. The molecule has 0 bridgehead atoms. The Morgan fingerprint density at radius 2 is 2.10 bits per heavy atom. The van der Waals surface area contributed by atoms with Gasteiger partial charge < -0.3 is 21.7 Å². The van der Waals surface area contributed by atoms with Gasteiger partial charge in [0.1, 0.15) is 0 Å². The standard InChI is InChI=1S/C13H22N4O2S.ClH/c1-2-5-15-6-7-16-12(18)9-10(17-13(14)19)11-4-3-8-20-11;/h3-4,8,10,15H,2,5-7,9H2,1H3,(H,16,18)(H3,14,17,19);1H. The third-order valence-corrected chi connectivity index (χ3v) is 3.63. The topological polar surface area (TPSA) is 96.2 Å². The average molecular weight is 335 g/mol. The summed E-state index contributed by atoms with van der Waals surface area (Å²) < 4.78 is 0. The van der Waals surface area contributed by atoms with Crippen molar-refractivity contribution in [2.24, 2.45) is 5.73 Å². The van der Waals surface area contributed by atoms with Crippen LogP contribution in [0.3, 0.4) is 0 Å². The number of primary amides is 1. The van der Waals surface area contributed by atoms with E-state index in [1.165, 1.54) is 11.3 Å². The first kappa shape index (κ1) is 19.7. The lowest BCUT2D eigenvalue weighted by atomic mass is 10.1. The van der Waals surface area contributed by atoms with Gasteiger partial charge in [0.05, 0.1) is 12.5 Å². The van der Waals surface area contributed by atoms with Crippen LogP contribution in [0.5, 0.6) is 0 Å². The fourth-order valence-corrected chi connectivity index (χ4v) is 2.51. The van der Waals surface area contributed by atoms with Crippen LogP contribution in [0, 0.1) is 0 Å². The van der Waals surface area contributed by atoms with Gasteiger partial charge in [-0.1, -0.05) is 13.0 Å². The molecule has 21 heavy (non-hydrogen) atoms.